The fourth-order valence-corrected chi connectivity index (χ4v) is 3.37. The molecule has 2 amide bonds. The van der Waals surface area contributed by atoms with Crippen molar-refractivity contribution in [3.63, 3.8) is 0 Å². The molecule has 1 aliphatic heterocycles. The van der Waals surface area contributed by atoms with Crippen LogP contribution in [0.25, 0.3) is 0 Å². The zero-order valence-corrected chi connectivity index (χ0v) is 12.7. The van der Waals surface area contributed by atoms with Gasteiger partial charge in [-0.05, 0) is 19.8 Å². The molecule has 1 aromatic heterocycles. The van der Waals surface area contributed by atoms with E-state index in [0.717, 1.165) is 18.7 Å². The van der Waals surface area contributed by atoms with Crippen LogP contribution in [0.15, 0.2) is 6.33 Å². The number of urea groups is 1. The second kappa shape index (κ2) is 5.63. The molecule has 1 saturated heterocycles. The van der Waals surface area contributed by atoms with Crippen LogP contribution in [0.3, 0.4) is 0 Å². The number of hydrogen-bond donors (Lipinski definition) is 1. The van der Waals surface area contributed by atoms with Gasteiger partial charge in [0.25, 0.3) is 0 Å². The third-order valence-corrected chi connectivity index (χ3v) is 4.52. The molecule has 7 nitrogen and oxygen atoms in total. The minimum atomic E-state index is -0.160. The third-order valence-electron chi connectivity index (χ3n) is 4.52. The summed E-state index contributed by atoms with van der Waals surface area (Å²) >= 11 is 0. The summed E-state index contributed by atoms with van der Waals surface area (Å²) in [6.07, 6.45) is 6.17. The van der Waals surface area contributed by atoms with Crippen molar-refractivity contribution >= 4 is 6.03 Å². The van der Waals surface area contributed by atoms with Crippen LogP contribution in [-0.4, -0.2) is 51.0 Å². The van der Waals surface area contributed by atoms with Crippen molar-refractivity contribution in [1.29, 1.82) is 0 Å². The van der Waals surface area contributed by atoms with Gasteiger partial charge in [0.1, 0.15) is 6.33 Å². The minimum absolute atomic E-state index is 0.0416. The Morgan fingerprint density at radius 3 is 2.90 bits per heavy atom. The second-order valence-electron chi connectivity index (χ2n) is 6.13. The maximum absolute atomic E-state index is 12.5. The Bertz CT molecular complexity index is 509. The van der Waals surface area contributed by atoms with Gasteiger partial charge >= 0.3 is 6.03 Å². The largest absolute Gasteiger partial charge is 0.371 e. The molecule has 0 radical (unpaired) electrons. The van der Waals surface area contributed by atoms with Crippen LogP contribution >= 0.6 is 0 Å². The Labute approximate surface area is 124 Å². The smallest absolute Gasteiger partial charge is 0.318 e. The maximum atomic E-state index is 12.5. The zero-order chi connectivity index (χ0) is 14.9. The number of ether oxygens (including phenoxy) is 1. The highest BCUT2D eigenvalue weighted by Crippen LogP contribution is 2.35. The van der Waals surface area contributed by atoms with Crippen molar-refractivity contribution < 1.29 is 9.53 Å². The van der Waals surface area contributed by atoms with E-state index in [1.807, 2.05) is 23.4 Å². The first kappa shape index (κ1) is 14.3. The summed E-state index contributed by atoms with van der Waals surface area (Å²) in [6.45, 7) is 3.91. The standard InChI is InChI=1S/C14H23N5O2/c1-11(12-17-15-10-18(12)2)16-13(20)19-7-8-21-14(9-19)5-3-4-6-14/h10-11H,3-9H2,1-2H3,(H,16,20). The van der Waals surface area contributed by atoms with Crippen molar-refractivity contribution in [2.75, 3.05) is 19.7 Å². The molecule has 0 aromatic carbocycles. The van der Waals surface area contributed by atoms with Crippen LogP contribution in [0.5, 0.6) is 0 Å². The number of amides is 2. The number of aryl methyl sites for hydroxylation is 1. The Balaban J connectivity index is 1.61. The Morgan fingerprint density at radius 1 is 1.48 bits per heavy atom. The molecule has 2 heterocycles. The lowest BCUT2D eigenvalue weighted by Crippen LogP contribution is -2.55. The quantitative estimate of drug-likeness (QED) is 0.890. The summed E-state index contributed by atoms with van der Waals surface area (Å²) in [5.41, 5.74) is -0.0936. The van der Waals surface area contributed by atoms with Crippen LogP contribution in [-0.2, 0) is 11.8 Å². The zero-order valence-electron chi connectivity index (χ0n) is 12.7. The highest BCUT2D eigenvalue weighted by atomic mass is 16.5. The number of hydrogen-bond acceptors (Lipinski definition) is 4. The van der Waals surface area contributed by atoms with E-state index in [2.05, 4.69) is 15.5 Å². The first-order valence-electron chi connectivity index (χ1n) is 7.63. The van der Waals surface area contributed by atoms with E-state index in [1.165, 1.54) is 12.8 Å². The maximum Gasteiger partial charge on any atom is 0.318 e. The van der Waals surface area contributed by atoms with Gasteiger partial charge in [-0.2, -0.15) is 0 Å². The molecule has 1 saturated carbocycles. The fourth-order valence-electron chi connectivity index (χ4n) is 3.37. The van der Waals surface area contributed by atoms with E-state index in [4.69, 9.17) is 4.74 Å². The molecule has 116 valence electrons. The number of rotatable bonds is 2. The summed E-state index contributed by atoms with van der Waals surface area (Å²) in [5, 5.41) is 10.9. The minimum Gasteiger partial charge on any atom is -0.371 e. The molecule has 1 spiro atoms. The summed E-state index contributed by atoms with van der Waals surface area (Å²) in [5.74, 6) is 0.757. The highest BCUT2D eigenvalue weighted by Gasteiger charge is 2.40. The molecular weight excluding hydrogens is 270 g/mol. The van der Waals surface area contributed by atoms with Crippen LogP contribution in [0, 0.1) is 0 Å². The summed E-state index contributed by atoms with van der Waals surface area (Å²) in [7, 11) is 1.88. The summed E-state index contributed by atoms with van der Waals surface area (Å²) < 4.78 is 7.78. The molecule has 7 heteroatoms. The second-order valence-corrected chi connectivity index (χ2v) is 6.13. The normalized spacial score (nSPS) is 22.5. The van der Waals surface area contributed by atoms with Gasteiger partial charge in [0.15, 0.2) is 5.82 Å². The molecule has 1 aliphatic carbocycles. The molecule has 2 aliphatic rings. The number of morpholine rings is 1. The van der Waals surface area contributed by atoms with E-state index in [1.54, 1.807) is 6.33 Å². The van der Waals surface area contributed by atoms with Gasteiger partial charge in [-0.25, -0.2) is 4.79 Å². The first-order chi connectivity index (χ1) is 10.1. The Hall–Kier alpha value is -1.63. The van der Waals surface area contributed by atoms with E-state index >= 15 is 0 Å². The molecular formula is C14H23N5O2. The highest BCUT2D eigenvalue weighted by molar-refractivity contribution is 5.74. The fraction of sp³-hybridized carbons (Fsp3) is 0.786. The molecule has 3 rings (SSSR count). The molecule has 21 heavy (non-hydrogen) atoms. The lowest BCUT2D eigenvalue weighted by molar-refractivity contribution is -0.0927. The molecule has 1 N–H and O–H groups in total. The van der Waals surface area contributed by atoms with Crippen LogP contribution in [0.2, 0.25) is 0 Å². The van der Waals surface area contributed by atoms with Crippen molar-refractivity contribution in [3.8, 4) is 0 Å². The van der Waals surface area contributed by atoms with Gasteiger partial charge in [0.2, 0.25) is 0 Å². The number of nitrogens with one attached hydrogen (secondary N) is 1. The molecule has 1 atom stereocenters. The Morgan fingerprint density at radius 2 is 2.24 bits per heavy atom. The predicted molar refractivity (Wildman–Crippen MR) is 76.7 cm³/mol. The van der Waals surface area contributed by atoms with Crippen LogP contribution < -0.4 is 5.32 Å². The van der Waals surface area contributed by atoms with E-state index in [9.17, 15) is 4.79 Å². The predicted octanol–water partition coefficient (Wildman–Crippen LogP) is 1.23. The molecule has 0 bridgehead atoms. The number of carbonyl (C=O) groups is 1. The topological polar surface area (TPSA) is 72.3 Å². The lowest BCUT2D eigenvalue weighted by Gasteiger charge is -2.40. The van der Waals surface area contributed by atoms with Gasteiger partial charge in [-0.3, -0.25) is 0 Å². The van der Waals surface area contributed by atoms with Crippen LogP contribution in [0.4, 0.5) is 4.79 Å². The Kier molecular flexibility index (Phi) is 3.84. The van der Waals surface area contributed by atoms with E-state index in [-0.39, 0.29) is 17.7 Å². The van der Waals surface area contributed by atoms with E-state index < -0.39 is 0 Å². The first-order valence-corrected chi connectivity index (χ1v) is 7.63. The monoisotopic (exact) mass is 293 g/mol. The van der Waals surface area contributed by atoms with Crippen molar-refractivity contribution in [1.82, 2.24) is 25.0 Å². The number of nitrogens with zero attached hydrogens (tertiary/aromatic N) is 4. The van der Waals surface area contributed by atoms with Gasteiger partial charge < -0.3 is 19.5 Å². The van der Waals surface area contributed by atoms with Crippen molar-refractivity contribution in [2.24, 2.45) is 7.05 Å². The van der Waals surface area contributed by atoms with Crippen molar-refractivity contribution in [3.05, 3.63) is 12.2 Å². The summed E-state index contributed by atoms with van der Waals surface area (Å²) in [6, 6.07) is -0.201. The average Bonchev–Trinajstić information content (AvgIpc) is 3.08. The van der Waals surface area contributed by atoms with Gasteiger partial charge in [0, 0.05) is 13.6 Å². The SMILES string of the molecule is CC(NC(=O)N1CCOC2(CCCC2)C1)c1nncn1C. The third kappa shape index (κ3) is 2.88. The lowest BCUT2D eigenvalue weighted by atomic mass is 10.00. The van der Waals surface area contributed by atoms with Crippen molar-refractivity contribution in [2.45, 2.75) is 44.2 Å². The molecule has 2 fully saturated rings. The average molecular weight is 293 g/mol. The molecule has 1 unspecified atom stereocenters. The number of aromatic nitrogens is 3. The van der Waals surface area contributed by atoms with Gasteiger partial charge in [0.05, 0.1) is 24.8 Å². The van der Waals surface area contributed by atoms with Gasteiger partial charge in [-0.15, -0.1) is 10.2 Å². The molecule has 1 aromatic rings. The number of carbonyl (C=O) groups excluding carboxylic acids is 1. The van der Waals surface area contributed by atoms with Crippen LogP contribution in [0.1, 0.15) is 44.5 Å². The summed E-state index contributed by atoms with van der Waals surface area (Å²) in [4.78, 5) is 14.3. The van der Waals surface area contributed by atoms with Gasteiger partial charge in [-0.1, -0.05) is 12.8 Å². The van der Waals surface area contributed by atoms with E-state index in [0.29, 0.717) is 19.7 Å².